The normalized spacial score (nSPS) is 11.3. The highest BCUT2D eigenvalue weighted by molar-refractivity contribution is 5.82. The number of hydrogen-bond donors (Lipinski definition) is 2. The first-order valence-electron chi connectivity index (χ1n) is 4.93. The molecule has 0 aliphatic heterocycles. The van der Waals surface area contributed by atoms with E-state index in [9.17, 15) is 4.79 Å². The molecule has 2 aromatic heterocycles. The summed E-state index contributed by atoms with van der Waals surface area (Å²) in [5.74, 6) is 0.547. The number of benzene rings is 1. The molecule has 0 spiro atoms. The van der Waals surface area contributed by atoms with Crippen LogP contribution in [0, 0.1) is 6.92 Å². The quantitative estimate of drug-likeness (QED) is 0.549. The number of aromatic nitrogens is 3. The Morgan fingerprint density at radius 2 is 2.19 bits per heavy atom. The molecule has 80 valence electrons. The zero-order chi connectivity index (χ0) is 11.3. The van der Waals surface area contributed by atoms with Crippen LogP contribution in [0.3, 0.4) is 0 Å². The molecule has 0 unspecified atom stereocenters. The number of nitrogens with one attached hydrogen (secondary N) is 1. The molecule has 3 aromatic rings. The summed E-state index contributed by atoms with van der Waals surface area (Å²) in [5, 5.41) is 0. The summed E-state index contributed by atoms with van der Waals surface area (Å²) >= 11 is 0. The molecule has 5 nitrogen and oxygen atoms in total. The molecular formula is C11H10N4O. The van der Waals surface area contributed by atoms with Gasteiger partial charge in [0.2, 0.25) is 5.78 Å². The van der Waals surface area contributed by atoms with Crippen LogP contribution in [0.4, 0.5) is 5.69 Å². The third-order valence-corrected chi connectivity index (χ3v) is 2.61. The Bertz CT molecular complexity index is 754. The number of aromatic amines is 1. The van der Waals surface area contributed by atoms with Gasteiger partial charge in [0.05, 0.1) is 11.0 Å². The largest absolute Gasteiger partial charge is 0.399 e. The molecular weight excluding hydrogens is 204 g/mol. The Morgan fingerprint density at radius 1 is 1.38 bits per heavy atom. The molecule has 0 aliphatic carbocycles. The molecule has 1 aromatic carbocycles. The molecule has 0 amide bonds. The van der Waals surface area contributed by atoms with E-state index in [4.69, 9.17) is 5.73 Å². The molecule has 0 saturated carbocycles. The standard InChI is InChI=1S/C11H10N4O/c1-6-4-10(16)14-11-13-8-3-2-7(12)5-9(8)15(6)11/h2-5H,12H2,1H3,(H,13,14,16). The molecule has 16 heavy (non-hydrogen) atoms. The van der Waals surface area contributed by atoms with Crippen LogP contribution in [0.5, 0.6) is 0 Å². The minimum Gasteiger partial charge on any atom is -0.399 e. The summed E-state index contributed by atoms with van der Waals surface area (Å²) in [6.07, 6.45) is 0. The van der Waals surface area contributed by atoms with Crippen molar-refractivity contribution in [2.24, 2.45) is 0 Å². The van der Waals surface area contributed by atoms with Crippen molar-refractivity contribution in [3.63, 3.8) is 0 Å². The second-order valence-electron chi connectivity index (χ2n) is 3.79. The van der Waals surface area contributed by atoms with E-state index in [1.54, 1.807) is 6.07 Å². The van der Waals surface area contributed by atoms with Gasteiger partial charge in [-0.25, -0.2) is 4.98 Å². The number of nitrogens with two attached hydrogens (primary N) is 1. The predicted molar refractivity (Wildman–Crippen MR) is 62.5 cm³/mol. The highest BCUT2D eigenvalue weighted by Gasteiger charge is 2.07. The summed E-state index contributed by atoms with van der Waals surface area (Å²) in [5.41, 5.74) is 8.84. The molecule has 0 atom stereocenters. The Labute approximate surface area is 90.5 Å². The summed E-state index contributed by atoms with van der Waals surface area (Å²) < 4.78 is 1.88. The van der Waals surface area contributed by atoms with Crippen LogP contribution in [0.2, 0.25) is 0 Å². The third kappa shape index (κ3) is 1.11. The number of fused-ring (bicyclic) bond motifs is 3. The highest BCUT2D eigenvalue weighted by Crippen LogP contribution is 2.18. The van der Waals surface area contributed by atoms with Gasteiger partial charge in [0.1, 0.15) is 0 Å². The van der Waals surface area contributed by atoms with E-state index in [0.29, 0.717) is 11.5 Å². The first-order valence-corrected chi connectivity index (χ1v) is 4.93. The Morgan fingerprint density at radius 3 is 3.00 bits per heavy atom. The summed E-state index contributed by atoms with van der Waals surface area (Å²) in [4.78, 5) is 18.3. The molecule has 3 N–H and O–H groups in total. The van der Waals surface area contributed by atoms with Crippen LogP contribution in [-0.4, -0.2) is 14.4 Å². The lowest BCUT2D eigenvalue weighted by molar-refractivity contribution is 1.04. The van der Waals surface area contributed by atoms with Crippen molar-refractivity contribution in [3.05, 3.63) is 40.3 Å². The number of nitrogens with zero attached hydrogens (tertiary/aromatic N) is 2. The average Bonchev–Trinajstić information content (AvgIpc) is 2.54. The molecule has 5 heteroatoms. The maximum atomic E-state index is 11.3. The monoisotopic (exact) mass is 214 g/mol. The number of H-pyrrole nitrogens is 1. The van der Waals surface area contributed by atoms with Crippen molar-refractivity contribution < 1.29 is 0 Å². The fraction of sp³-hybridized carbons (Fsp3) is 0.0909. The van der Waals surface area contributed by atoms with Crippen LogP contribution in [0.25, 0.3) is 16.8 Å². The van der Waals surface area contributed by atoms with Crippen molar-refractivity contribution in [3.8, 4) is 0 Å². The van der Waals surface area contributed by atoms with E-state index in [0.717, 1.165) is 16.7 Å². The number of anilines is 1. The smallest absolute Gasteiger partial charge is 0.252 e. The van der Waals surface area contributed by atoms with Gasteiger partial charge < -0.3 is 5.73 Å². The Kier molecular flexibility index (Phi) is 1.60. The number of rotatable bonds is 0. The van der Waals surface area contributed by atoms with E-state index >= 15 is 0 Å². The molecule has 0 saturated heterocycles. The molecule has 2 heterocycles. The van der Waals surface area contributed by atoms with Crippen LogP contribution in [0.1, 0.15) is 5.69 Å². The van der Waals surface area contributed by atoms with E-state index in [1.807, 2.05) is 23.5 Å². The van der Waals surface area contributed by atoms with Gasteiger partial charge in [-0.2, -0.15) is 0 Å². The van der Waals surface area contributed by atoms with Gasteiger partial charge in [0, 0.05) is 17.4 Å². The lowest BCUT2D eigenvalue weighted by Gasteiger charge is -2.00. The number of imidazole rings is 1. The summed E-state index contributed by atoms with van der Waals surface area (Å²) in [6.45, 7) is 1.87. The Hall–Kier alpha value is -2.30. The van der Waals surface area contributed by atoms with Gasteiger partial charge in [-0.1, -0.05) is 0 Å². The van der Waals surface area contributed by atoms with E-state index < -0.39 is 0 Å². The number of aryl methyl sites for hydroxylation is 1. The van der Waals surface area contributed by atoms with E-state index in [1.165, 1.54) is 6.07 Å². The van der Waals surface area contributed by atoms with E-state index in [-0.39, 0.29) is 5.56 Å². The van der Waals surface area contributed by atoms with Crippen LogP contribution < -0.4 is 11.3 Å². The van der Waals surface area contributed by atoms with Gasteiger partial charge in [-0.05, 0) is 25.1 Å². The summed E-state index contributed by atoms with van der Waals surface area (Å²) in [6, 6.07) is 7.02. The lowest BCUT2D eigenvalue weighted by Crippen LogP contribution is -2.09. The molecule has 3 rings (SSSR count). The van der Waals surface area contributed by atoms with E-state index in [2.05, 4.69) is 9.97 Å². The summed E-state index contributed by atoms with van der Waals surface area (Å²) in [7, 11) is 0. The maximum absolute atomic E-state index is 11.3. The van der Waals surface area contributed by atoms with Gasteiger partial charge in [-0.3, -0.25) is 14.2 Å². The molecule has 0 bridgehead atoms. The van der Waals surface area contributed by atoms with Crippen molar-refractivity contribution in [1.82, 2.24) is 14.4 Å². The van der Waals surface area contributed by atoms with Gasteiger partial charge in [-0.15, -0.1) is 0 Å². The average molecular weight is 214 g/mol. The van der Waals surface area contributed by atoms with Crippen molar-refractivity contribution in [2.75, 3.05) is 5.73 Å². The van der Waals surface area contributed by atoms with Crippen LogP contribution >= 0.6 is 0 Å². The first kappa shape index (κ1) is 8.96. The SMILES string of the molecule is Cc1cc(=O)[nH]c2nc3ccc(N)cc3n12. The van der Waals surface area contributed by atoms with Crippen molar-refractivity contribution >= 4 is 22.5 Å². The highest BCUT2D eigenvalue weighted by atomic mass is 16.1. The van der Waals surface area contributed by atoms with Crippen LogP contribution in [0.15, 0.2) is 29.1 Å². The maximum Gasteiger partial charge on any atom is 0.252 e. The van der Waals surface area contributed by atoms with Gasteiger partial charge in [0.25, 0.3) is 5.56 Å². The minimum absolute atomic E-state index is 0.145. The number of nitrogen functional groups attached to an aromatic ring is 1. The minimum atomic E-state index is -0.145. The Balaban J connectivity index is 2.62. The lowest BCUT2D eigenvalue weighted by atomic mass is 10.3. The second kappa shape index (κ2) is 2.85. The topological polar surface area (TPSA) is 76.2 Å². The number of hydrogen-bond acceptors (Lipinski definition) is 3. The zero-order valence-electron chi connectivity index (χ0n) is 8.69. The first-order chi connectivity index (χ1) is 7.65. The van der Waals surface area contributed by atoms with Crippen molar-refractivity contribution in [2.45, 2.75) is 6.92 Å². The predicted octanol–water partition coefficient (Wildman–Crippen LogP) is 1.07. The van der Waals surface area contributed by atoms with Crippen LogP contribution in [-0.2, 0) is 0 Å². The third-order valence-electron chi connectivity index (χ3n) is 2.61. The zero-order valence-corrected chi connectivity index (χ0v) is 8.69. The van der Waals surface area contributed by atoms with Gasteiger partial charge in [0.15, 0.2) is 0 Å². The molecule has 0 aliphatic rings. The van der Waals surface area contributed by atoms with Gasteiger partial charge >= 0.3 is 0 Å². The fourth-order valence-corrected chi connectivity index (χ4v) is 1.93. The second-order valence-corrected chi connectivity index (χ2v) is 3.79. The van der Waals surface area contributed by atoms with Crippen molar-refractivity contribution in [1.29, 1.82) is 0 Å². The molecule has 0 radical (unpaired) electrons. The molecule has 0 fully saturated rings. The fourth-order valence-electron chi connectivity index (χ4n) is 1.93.